The van der Waals surface area contributed by atoms with Crippen LogP contribution in [0.25, 0.3) is 5.65 Å². The lowest BCUT2D eigenvalue weighted by Gasteiger charge is -2.15. The molecule has 80 valence electrons. The molecule has 3 heteroatoms. The number of imidazole rings is 1. The molecule has 0 fully saturated rings. The smallest absolute Gasteiger partial charge is 0.179 e. The average molecular weight is 204 g/mol. The van der Waals surface area contributed by atoms with Gasteiger partial charge in [-0.1, -0.05) is 20.8 Å². The topological polar surface area (TPSA) is 37.5 Å². The molecule has 0 aromatic carbocycles. The van der Waals surface area contributed by atoms with Crippen molar-refractivity contribution in [2.75, 3.05) is 0 Å². The van der Waals surface area contributed by atoms with E-state index >= 15 is 0 Å². The molecule has 2 heterocycles. The van der Waals surface area contributed by atoms with Gasteiger partial charge in [-0.3, -0.25) is 0 Å². The van der Waals surface area contributed by atoms with Gasteiger partial charge in [-0.05, 0) is 24.0 Å². The Morgan fingerprint density at radius 3 is 2.73 bits per heavy atom. The molecule has 2 rings (SSSR count). The van der Waals surface area contributed by atoms with Crippen LogP contribution in [0.1, 0.15) is 26.5 Å². The van der Waals surface area contributed by atoms with Crippen molar-refractivity contribution in [2.24, 2.45) is 5.41 Å². The lowest BCUT2D eigenvalue weighted by molar-refractivity contribution is 0.407. The van der Waals surface area contributed by atoms with E-state index in [0.717, 1.165) is 12.1 Å². The third-order valence-electron chi connectivity index (χ3n) is 2.22. The molecule has 3 nitrogen and oxygen atoms in total. The highest BCUT2D eigenvalue weighted by molar-refractivity contribution is 5.53. The number of hydrogen-bond acceptors (Lipinski definition) is 2. The molecule has 1 N–H and O–H groups in total. The monoisotopic (exact) mass is 204 g/mol. The molecule has 0 aliphatic rings. The van der Waals surface area contributed by atoms with Gasteiger partial charge in [-0.2, -0.15) is 0 Å². The summed E-state index contributed by atoms with van der Waals surface area (Å²) in [5.41, 5.74) is 1.87. The summed E-state index contributed by atoms with van der Waals surface area (Å²) in [7, 11) is 0. The molecule has 15 heavy (non-hydrogen) atoms. The van der Waals surface area contributed by atoms with Crippen molar-refractivity contribution in [2.45, 2.75) is 27.2 Å². The molecule has 0 aliphatic heterocycles. The van der Waals surface area contributed by atoms with Gasteiger partial charge in [0.2, 0.25) is 0 Å². The first-order valence-electron chi connectivity index (χ1n) is 5.11. The zero-order chi connectivity index (χ0) is 11.1. The Bertz CT molecular complexity index is 480. The molecule has 0 bridgehead atoms. The third-order valence-corrected chi connectivity index (χ3v) is 2.22. The Labute approximate surface area is 89.4 Å². The number of nitrogens with zero attached hydrogens (tertiary/aromatic N) is 2. The summed E-state index contributed by atoms with van der Waals surface area (Å²) in [6.45, 7) is 6.53. The Kier molecular flexibility index (Phi) is 2.18. The van der Waals surface area contributed by atoms with Gasteiger partial charge in [-0.15, -0.1) is 0 Å². The fraction of sp³-hybridized carbons (Fsp3) is 0.417. The van der Waals surface area contributed by atoms with Crippen molar-refractivity contribution in [3.63, 3.8) is 0 Å². The van der Waals surface area contributed by atoms with E-state index in [4.69, 9.17) is 0 Å². The van der Waals surface area contributed by atoms with Crippen LogP contribution in [0.15, 0.2) is 24.5 Å². The summed E-state index contributed by atoms with van der Waals surface area (Å²) in [5, 5.41) is 9.60. The fourth-order valence-corrected chi connectivity index (χ4v) is 1.68. The van der Waals surface area contributed by atoms with E-state index < -0.39 is 0 Å². The number of aromatic nitrogens is 2. The van der Waals surface area contributed by atoms with Gasteiger partial charge in [0.25, 0.3) is 0 Å². The van der Waals surface area contributed by atoms with Crippen molar-refractivity contribution < 1.29 is 5.11 Å². The van der Waals surface area contributed by atoms with Crippen LogP contribution in [0, 0.1) is 5.41 Å². The molecule has 0 atom stereocenters. The molecule has 2 aromatic heterocycles. The zero-order valence-corrected chi connectivity index (χ0v) is 9.36. The molecule has 2 aromatic rings. The van der Waals surface area contributed by atoms with E-state index in [9.17, 15) is 5.11 Å². The van der Waals surface area contributed by atoms with Crippen LogP contribution in [0.3, 0.4) is 0 Å². The zero-order valence-electron chi connectivity index (χ0n) is 9.36. The van der Waals surface area contributed by atoms with Gasteiger partial charge in [-0.25, -0.2) is 4.98 Å². The molecule has 0 radical (unpaired) electrons. The van der Waals surface area contributed by atoms with Gasteiger partial charge in [0.15, 0.2) is 11.4 Å². The summed E-state index contributed by atoms with van der Waals surface area (Å²) in [6, 6.07) is 3.47. The van der Waals surface area contributed by atoms with Crippen molar-refractivity contribution in [3.8, 4) is 5.75 Å². The number of fused-ring (bicyclic) bond motifs is 1. The van der Waals surface area contributed by atoms with E-state index in [1.807, 2.05) is 22.9 Å². The predicted molar refractivity (Wildman–Crippen MR) is 60.0 cm³/mol. The summed E-state index contributed by atoms with van der Waals surface area (Å²) in [4.78, 5) is 4.41. The maximum atomic E-state index is 9.60. The standard InChI is InChI=1S/C12H16N2O/c1-12(2,3)7-9-8-14-6-4-5-10(15)11(14)13-9/h4-6,8,15H,7H2,1-3H3. The van der Waals surface area contributed by atoms with Crippen LogP contribution < -0.4 is 0 Å². The van der Waals surface area contributed by atoms with Crippen LogP contribution in [0.2, 0.25) is 0 Å². The predicted octanol–water partition coefficient (Wildman–Crippen LogP) is 2.63. The third kappa shape index (κ3) is 2.12. The van der Waals surface area contributed by atoms with Gasteiger partial charge in [0.1, 0.15) is 0 Å². The average Bonchev–Trinajstić information content (AvgIpc) is 2.45. The van der Waals surface area contributed by atoms with Crippen LogP contribution in [-0.2, 0) is 6.42 Å². The SMILES string of the molecule is CC(C)(C)Cc1cn2cccc(O)c2n1. The number of pyridine rings is 1. The lowest BCUT2D eigenvalue weighted by Crippen LogP contribution is -2.09. The molecule has 0 unspecified atom stereocenters. The Morgan fingerprint density at radius 2 is 2.13 bits per heavy atom. The summed E-state index contributed by atoms with van der Waals surface area (Å²) in [5.74, 6) is 0.234. The maximum absolute atomic E-state index is 9.60. The first-order chi connectivity index (χ1) is 6.96. The summed E-state index contributed by atoms with van der Waals surface area (Å²) < 4.78 is 1.86. The van der Waals surface area contributed by atoms with Gasteiger partial charge >= 0.3 is 0 Å². The molecule has 0 saturated heterocycles. The van der Waals surface area contributed by atoms with Crippen molar-refractivity contribution >= 4 is 5.65 Å². The molecular formula is C12H16N2O. The highest BCUT2D eigenvalue weighted by Gasteiger charge is 2.14. The minimum Gasteiger partial charge on any atom is -0.504 e. The molecule has 0 aliphatic carbocycles. The Morgan fingerprint density at radius 1 is 1.40 bits per heavy atom. The molecule has 0 amide bonds. The highest BCUT2D eigenvalue weighted by atomic mass is 16.3. The van der Waals surface area contributed by atoms with Gasteiger partial charge in [0, 0.05) is 12.4 Å². The van der Waals surface area contributed by atoms with Crippen molar-refractivity contribution in [1.29, 1.82) is 0 Å². The number of aromatic hydroxyl groups is 1. The lowest BCUT2D eigenvalue weighted by atomic mass is 9.91. The van der Waals surface area contributed by atoms with Crippen LogP contribution in [0.4, 0.5) is 0 Å². The number of rotatable bonds is 1. The minimum absolute atomic E-state index is 0.216. The largest absolute Gasteiger partial charge is 0.504 e. The van der Waals surface area contributed by atoms with E-state index in [2.05, 4.69) is 25.8 Å². The second-order valence-corrected chi connectivity index (χ2v) is 5.09. The molecular weight excluding hydrogens is 188 g/mol. The van der Waals surface area contributed by atoms with E-state index in [1.165, 1.54) is 0 Å². The molecule has 0 spiro atoms. The fourth-order valence-electron chi connectivity index (χ4n) is 1.68. The first-order valence-corrected chi connectivity index (χ1v) is 5.11. The maximum Gasteiger partial charge on any atom is 0.179 e. The summed E-state index contributed by atoms with van der Waals surface area (Å²) >= 11 is 0. The van der Waals surface area contributed by atoms with Gasteiger partial charge in [0.05, 0.1) is 5.69 Å². The van der Waals surface area contributed by atoms with E-state index in [1.54, 1.807) is 6.07 Å². The van der Waals surface area contributed by atoms with Crippen LogP contribution in [-0.4, -0.2) is 14.5 Å². The number of hydrogen-bond donors (Lipinski definition) is 1. The normalized spacial score (nSPS) is 12.2. The van der Waals surface area contributed by atoms with Gasteiger partial charge < -0.3 is 9.51 Å². The minimum atomic E-state index is 0.216. The summed E-state index contributed by atoms with van der Waals surface area (Å²) in [6.07, 6.45) is 4.78. The highest BCUT2D eigenvalue weighted by Crippen LogP contribution is 2.22. The first kappa shape index (κ1) is 10.0. The van der Waals surface area contributed by atoms with E-state index in [-0.39, 0.29) is 11.2 Å². The van der Waals surface area contributed by atoms with Crippen LogP contribution >= 0.6 is 0 Å². The van der Waals surface area contributed by atoms with Crippen LogP contribution in [0.5, 0.6) is 5.75 Å². The second kappa shape index (κ2) is 3.26. The van der Waals surface area contributed by atoms with Crippen molar-refractivity contribution in [3.05, 3.63) is 30.2 Å². The second-order valence-electron chi connectivity index (χ2n) is 5.09. The Balaban J connectivity index is 2.44. The van der Waals surface area contributed by atoms with E-state index in [0.29, 0.717) is 5.65 Å². The quantitative estimate of drug-likeness (QED) is 0.775. The van der Waals surface area contributed by atoms with Crippen molar-refractivity contribution in [1.82, 2.24) is 9.38 Å². The molecule has 0 saturated carbocycles. The Hall–Kier alpha value is -1.51.